The Morgan fingerprint density at radius 3 is 2.08 bits per heavy atom. The lowest BCUT2D eigenvalue weighted by Crippen LogP contribution is -2.38. The second kappa shape index (κ2) is 5.86. The first-order valence-electron chi connectivity index (χ1n) is 4.69. The number of rotatable bonds is 5. The van der Waals surface area contributed by atoms with E-state index in [2.05, 4.69) is 13.8 Å². The van der Waals surface area contributed by atoms with Crippen LogP contribution in [0.5, 0.6) is 0 Å². The molecule has 0 radical (unpaired) electrons. The average Bonchev–Trinajstić information content (AvgIpc) is 2.06. The van der Waals surface area contributed by atoms with Crippen molar-refractivity contribution in [2.24, 2.45) is 11.7 Å². The average molecular weight is 172 g/mol. The van der Waals surface area contributed by atoms with E-state index in [1.54, 1.807) is 4.90 Å². The molecular formula is C9H20N2O. The summed E-state index contributed by atoms with van der Waals surface area (Å²) in [6.07, 6.45) is 2.22. The fourth-order valence-electron chi connectivity index (χ4n) is 1.23. The van der Waals surface area contributed by atoms with Gasteiger partial charge in [0.15, 0.2) is 0 Å². The maximum atomic E-state index is 10.8. The molecule has 0 aromatic carbocycles. The van der Waals surface area contributed by atoms with Crippen molar-refractivity contribution in [1.82, 2.24) is 4.90 Å². The van der Waals surface area contributed by atoms with E-state index >= 15 is 0 Å². The quantitative estimate of drug-likeness (QED) is 0.675. The van der Waals surface area contributed by atoms with Gasteiger partial charge < -0.3 is 10.6 Å². The molecule has 0 aromatic rings. The normalized spacial score (nSPS) is 10.3. The van der Waals surface area contributed by atoms with Crippen molar-refractivity contribution in [2.45, 2.75) is 33.6 Å². The Hall–Kier alpha value is -0.730. The molecular weight excluding hydrogens is 152 g/mol. The molecule has 3 nitrogen and oxygen atoms in total. The third-order valence-corrected chi connectivity index (χ3v) is 2.33. The van der Waals surface area contributed by atoms with Crippen LogP contribution < -0.4 is 5.73 Å². The van der Waals surface area contributed by atoms with Crippen LogP contribution in [0.3, 0.4) is 0 Å². The second-order valence-corrected chi connectivity index (χ2v) is 3.06. The summed E-state index contributed by atoms with van der Waals surface area (Å²) in [7, 11) is 0. The monoisotopic (exact) mass is 172 g/mol. The molecule has 0 saturated heterocycles. The Bertz CT molecular complexity index is 132. The fourth-order valence-corrected chi connectivity index (χ4v) is 1.23. The van der Waals surface area contributed by atoms with Crippen molar-refractivity contribution in [2.75, 3.05) is 13.1 Å². The highest BCUT2D eigenvalue weighted by molar-refractivity contribution is 5.71. The van der Waals surface area contributed by atoms with Gasteiger partial charge >= 0.3 is 6.03 Å². The number of amides is 2. The smallest absolute Gasteiger partial charge is 0.314 e. The highest BCUT2D eigenvalue weighted by atomic mass is 16.2. The molecule has 0 spiro atoms. The van der Waals surface area contributed by atoms with E-state index in [4.69, 9.17) is 5.73 Å². The standard InChI is InChI=1S/C9H20N2O/c1-4-8(5-2)7-11(6-3)9(10)12/h8H,4-7H2,1-3H3,(H2,10,12). The van der Waals surface area contributed by atoms with E-state index in [1.165, 1.54) is 0 Å². The second-order valence-electron chi connectivity index (χ2n) is 3.06. The van der Waals surface area contributed by atoms with Gasteiger partial charge in [-0.1, -0.05) is 26.7 Å². The zero-order valence-corrected chi connectivity index (χ0v) is 8.34. The van der Waals surface area contributed by atoms with Gasteiger partial charge in [0.25, 0.3) is 0 Å². The van der Waals surface area contributed by atoms with Crippen molar-refractivity contribution in [3.63, 3.8) is 0 Å². The van der Waals surface area contributed by atoms with Gasteiger partial charge in [-0.25, -0.2) is 4.79 Å². The minimum atomic E-state index is -0.301. The number of urea groups is 1. The minimum absolute atomic E-state index is 0.301. The molecule has 3 heteroatoms. The number of hydrogen-bond donors (Lipinski definition) is 1. The van der Waals surface area contributed by atoms with Gasteiger partial charge in [0, 0.05) is 13.1 Å². The van der Waals surface area contributed by atoms with Crippen molar-refractivity contribution in [3.05, 3.63) is 0 Å². The molecule has 0 unspecified atom stereocenters. The van der Waals surface area contributed by atoms with Gasteiger partial charge in [-0.2, -0.15) is 0 Å². The Balaban J connectivity index is 3.91. The lowest BCUT2D eigenvalue weighted by atomic mass is 10.0. The van der Waals surface area contributed by atoms with Crippen LogP contribution in [0.25, 0.3) is 0 Å². The van der Waals surface area contributed by atoms with Gasteiger partial charge in [0.1, 0.15) is 0 Å². The van der Waals surface area contributed by atoms with Crippen LogP contribution in [0.15, 0.2) is 0 Å². The Labute approximate surface area is 74.9 Å². The molecule has 0 aromatic heterocycles. The maximum absolute atomic E-state index is 10.8. The van der Waals surface area contributed by atoms with Crippen LogP contribution in [0.4, 0.5) is 4.79 Å². The summed E-state index contributed by atoms with van der Waals surface area (Å²) >= 11 is 0. The molecule has 0 rings (SSSR count). The summed E-state index contributed by atoms with van der Waals surface area (Å²) in [4.78, 5) is 12.5. The third kappa shape index (κ3) is 3.60. The van der Waals surface area contributed by atoms with E-state index in [0.29, 0.717) is 12.5 Å². The van der Waals surface area contributed by atoms with Crippen LogP contribution in [-0.4, -0.2) is 24.0 Å². The Morgan fingerprint density at radius 1 is 1.33 bits per heavy atom. The van der Waals surface area contributed by atoms with E-state index in [-0.39, 0.29) is 6.03 Å². The Morgan fingerprint density at radius 2 is 1.83 bits per heavy atom. The molecule has 0 fully saturated rings. The van der Waals surface area contributed by atoms with Gasteiger partial charge in [-0.15, -0.1) is 0 Å². The molecule has 0 aliphatic heterocycles. The lowest BCUT2D eigenvalue weighted by molar-refractivity contribution is 0.198. The highest BCUT2D eigenvalue weighted by Crippen LogP contribution is 2.09. The summed E-state index contributed by atoms with van der Waals surface area (Å²) in [5.41, 5.74) is 5.19. The zero-order valence-electron chi connectivity index (χ0n) is 8.34. The van der Waals surface area contributed by atoms with Gasteiger partial charge in [-0.05, 0) is 12.8 Å². The summed E-state index contributed by atoms with van der Waals surface area (Å²) in [5.74, 6) is 0.595. The van der Waals surface area contributed by atoms with Crippen molar-refractivity contribution >= 4 is 6.03 Å². The highest BCUT2D eigenvalue weighted by Gasteiger charge is 2.11. The topological polar surface area (TPSA) is 46.3 Å². The maximum Gasteiger partial charge on any atom is 0.314 e. The molecule has 0 saturated carbocycles. The zero-order chi connectivity index (χ0) is 9.56. The molecule has 72 valence electrons. The van der Waals surface area contributed by atoms with Gasteiger partial charge in [0.05, 0.1) is 0 Å². The van der Waals surface area contributed by atoms with Crippen LogP contribution in [0.1, 0.15) is 33.6 Å². The van der Waals surface area contributed by atoms with Gasteiger partial charge in [-0.3, -0.25) is 0 Å². The van der Waals surface area contributed by atoms with Crippen LogP contribution in [0.2, 0.25) is 0 Å². The van der Waals surface area contributed by atoms with Gasteiger partial charge in [0.2, 0.25) is 0 Å². The molecule has 0 aliphatic rings. The predicted octanol–water partition coefficient (Wildman–Crippen LogP) is 1.82. The molecule has 2 N–H and O–H groups in total. The lowest BCUT2D eigenvalue weighted by Gasteiger charge is -2.23. The van der Waals surface area contributed by atoms with Crippen LogP contribution in [-0.2, 0) is 0 Å². The molecule has 2 amide bonds. The van der Waals surface area contributed by atoms with E-state index in [9.17, 15) is 4.79 Å². The first-order valence-corrected chi connectivity index (χ1v) is 4.69. The van der Waals surface area contributed by atoms with E-state index in [0.717, 1.165) is 19.4 Å². The van der Waals surface area contributed by atoms with Crippen molar-refractivity contribution in [1.29, 1.82) is 0 Å². The van der Waals surface area contributed by atoms with Crippen molar-refractivity contribution < 1.29 is 4.79 Å². The van der Waals surface area contributed by atoms with Crippen LogP contribution in [0, 0.1) is 5.92 Å². The summed E-state index contributed by atoms with van der Waals surface area (Å²) in [6, 6.07) is -0.301. The van der Waals surface area contributed by atoms with Crippen LogP contribution >= 0.6 is 0 Å². The largest absolute Gasteiger partial charge is 0.351 e. The Kier molecular flexibility index (Phi) is 5.51. The molecule has 12 heavy (non-hydrogen) atoms. The number of carbonyl (C=O) groups is 1. The summed E-state index contributed by atoms with van der Waals surface area (Å²) in [5, 5.41) is 0. The number of hydrogen-bond acceptors (Lipinski definition) is 1. The number of nitrogens with two attached hydrogens (primary N) is 1. The minimum Gasteiger partial charge on any atom is -0.351 e. The first kappa shape index (κ1) is 11.3. The summed E-state index contributed by atoms with van der Waals surface area (Å²) < 4.78 is 0. The molecule has 0 atom stereocenters. The predicted molar refractivity (Wildman–Crippen MR) is 50.9 cm³/mol. The number of nitrogens with zero attached hydrogens (tertiary/aromatic N) is 1. The molecule has 0 aliphatic carbocycles. The van der Waals surface area contributed by atoms with Crippen molar-refractivity contribution in [3.8, 4) is 0 Å². The first-order chi connectivity index (χ1) is 5.65. The molecule has 0 bridgehead atoms. The number of primary amides is 1. The fraction of sp³-hybridized carbons (Fsp3) is 0.889. The molecule has 0 heterocycles. The number of carbonyl (C=O) groups excluding carboxylic acids is 1. The van der Waals surface area contributed by atoms with E-state index < -0.39 is 0 Å². The third-order valence-electron chi connectivity index (χ3n) is 2.33. The SMILES string of the molecule is CCC(CC)CN(CC)C(N)=O. The van der Waals surface area contributed by atoms with E-state index in [1.807, 2.05) is 6.92 Å². The summed E-state index contributed by atoms with van der Waals surface area (Å²) in [6.45, 7) is 7.75.